The third-order valence-electron chi connectivity index (χ3n) is 1.04. The molecule has 1 nitrogen and oxygen atoms in total. The topological polar surface area (TPSA) is 12.9 Å². The Morgan fingerprint density at radius 2 is 2.44 bits per heavy atom. The Kier molecular flexibility index (Phi) is 2.09. The Bertz CT molecular complexity index is 195. The number of hydrogen-bond acceptors (Lipinski definition) is 2. The molecule has 0 fully saturated rings. The van der Waals surface area contributed by atoms with Crippen molar-refractivity contribution < 1.29 is 0 Å². The van der Waals surface area contributed by atoms with Gasteiger partial charge in [0.05, 0.1) is 11.1 Å². The fraction of sp³-hybridized carbons (Fsp3) is 0.500. The molecule has 0 aliphatic heterocycles. The van der Waals surface area contributed by atoms with Crippen molar-refractivity contribution >= 4 is 23.1 Å². The first-order valence-corrected chi connectivity index (χ1v) is 3.98. The molecule has 9 heavy (non-hydrogen) atoms. The van der Waals surface area contributed by atoms with E-state index in [1.807, 2.05) is 19.9 Å². The van der Waals surface area contributed by atoms with Gasteiger partial charge in [0.25, 0.3) is 0 Å². The molecule has 0 aliphatic rings. The zero-order valence-electron chi connectivity index (χ0n) is 5.39. The van der Waals surface area contributed by atoms with Crippen molar-refractivity contribution in [3.8, 4) is 0 Å². The minimum Gasteiger partial charge on any atom is -0.198 e. The third kappa shape index (κ3) is 1.66. The molecule has 3 heteroatoms. The molecule has 0 bridgehead atoms. The van der Waals surface area contributed by atoms with Crippen molar-refractivity contribution in [2.24, 2.45) is 0 Å². The molecular weight excluding hydrogens is 154 g/mol. The molecule has 0 spiro atoms. The highest BCUT2D eigenvalue weighted by Crippen LogP contribution is 2.23. The fourth-order valence-electron chi connectivity index (χ4n) is 0.571. The average molecular weight is 162 g/mol. The molecule has 0 saturated heterocycles. The quantitative estimate of drug-likeness (QED) is 0.578. The van der Waals surface area contributed by atoms with E-state index in [-0.39, 0.29) is 5.38 Å². The lowest BCUT2D eigenvalue weighted by atomic mass is 10.3. The Morgan fingerprint density at radius 3 is 2.67 bits per heavy atom. The van der Waals surface area contributed by atoms with E-state index in [4.69, 9.17) is 11.6 Å². The van der Waals surface area contributed by atoms with Crippen molar-refractivity contribution in [3.05, 3.63) is 16.6 Å². The van der Waals surface area contributed by atoms with E-state index in [0.717, 1.165) is 10.6 Å². The fourth-order valence-corrected chi connectivity index (χ4v) is 1.42. The Balaban J connectivity index is 2.85. The van der Waals surface area contributed by atoms with Gasteiger partial charge in [-0.2, -0.15) is 4.37 Å². The molecule has 0 radical (unpaired) electrons. The summed E-state index contributed by atoms with van der Waals surface area (Å²) in [5, 5.41) is 0.108. The molecule has 0 N–H and O–H groups in total. The van der Waals surface area contributed by atoms with Crippen LogP contribution < -0.4 is 0 Å². The van der Waals surface area contributed by atoms with Crippen LogP contribution in [0.5, 0.6) is 0 Å². The maximum atomic E-state index is 5.79. The summed E-state index contributed by atoms with van der Waals surface area (Å²) in [5.41, 5.74) is 1.06. The van der Waals surface area contributed by atoms with E-state index in [1.165, 1.54) is 11.5 Å². The molecule has 1 unspecified atom stereocenters. The standard InChI is InChI=1S/C6H8ClNS/c1-4-3-6(5(2)7)9-8-4/h3,5H,1-2H3. The van der Waals surface area contributed by atoms with Gasteiger partial charge in [0.15, 0.2) is 0 Å². The molecule has 1 heterocycles. The van der Waals surface area contributed by atoms with Gasteiger partial charge in [-0.25, -0.2) is 0 Å². The van der Waals surface area contributed by atoms with Crippen LogP contribution in [0.1, 0.15) is 22.9 Å². The Labute approximate surface area is 63.8 Å². The summed E-state index contributed by atoms with van der Waals surface area (Å²) in [6, 6.07) is 2.02. The van der Waals surface area contributed by atoms with E-state index in [1.54, 1.807) is 0 Å². The van der Waals surface area contributed by atoms with Gasteiger partial charge in [0.2, 0.25) is 0 Å². The van der Waals surface area contributed by atoms with Crippen molar-refractivity contribution in [3.63, 3.8) is 0 Å². The van der Waals surface area contributed by atoms with E-state index >= 15 is 0 Å². The summed E-state index contributed by atoms with van der Waals surface area (Å²) < 4.78 is 4.10. The summed E-state index contributed by atoms with van der Waals surface area (Å²) in [6.45, 7) is 3.92. The lowest BCUT2D eigenvalue weighted by Gasteiger charge is -1.91. The third-order valence-corrected chi connectivity index (χ3v) is 2.46. The van der Waals surface area contributed by atoms with Crippen LogP contribution in [-0.2, 0) is 0 Å². The summed E-state index contributed by atoms with van der Waals surface area (Å²) in [5.74, 6) is 0. The normalized spacial score (nSPS) is 13.7. The summed E-state index contributed by atoms with van der Waals surface area (Å²) in [4.78, 5) is 1.15. The number of hydrogen-bond donors (Lipinski definition) is 0. The molecule has 1 rings (SSSR count). The number of rotatable bonds is 1. The predicted molar refractivity (Wildman–Crippen MR) is 41.1 cm³/mol. The van der Waals surface area contributed by atoms with Gasteiger partial charge in [-0.1, -0.05) is 0 Å². The maximum Gasteiger partial charge on any atom is 0.0666 e. The van der Waals surface area contributed by atoms with Crippen LogP contribution in [0.2, 0.25) is 0 Å². The second-order valence-electron chi connectivity index (χ2n) is 1.99. The Morgan fingerprint density at radius 1 is 1.78 bits per heavy atom. The van der Waals surface area contributed by atoms with Gasteiger partial charge >= 0.3 is 0 Å². The molecular formula is C6H8ClNS. The lowest BCUT2D eigenvalue weighted by Crippen LogP contribution is -1.73. The number of aromatic nitrogens is 1. The van der Waals surface area contributed by atoms with Crippen LogP contribution >= 0.6 is 23.1 Å². The van der Waals surface area contributed by atoms with E-state index in [9.17, 15) is 0 Å². The smallest absolute Gasteiger partial charge is 0.0666 e. The molecule has 1 aromatic rings. The molecule has 50 valence electrons. The molecule has 0 amide bonds. The zero-order chi connectivity index (χ0) is 6.85. The second-order valence-corrected chi connectivity index (χ2v) is 3.48. The van der Waals surface area contributed by atoms with Crippen molar-refractivity contribution in [1.82, 2.24) is 4.37 Å². The number of alkyl halides is 1. The minimum absolute atomic E-state index is 0.108. The van der Waals surface area contributed by atoms with Gasteiger partial charge in [-0.3, -0.25) is 0 Å². The summed E-state index contributed by atoms with van der Waals surface area (Å²) in [7, 11) is 0. The minimum atomic E-state index is 0.108. The number of halogens is 1. The van der Waals surface area contributed by atoms with Crippen molar-refractivity contribution in [1.29, 1.82) is 0 Å². The number of nitrogens with zero attached hydrogens (tertiary/aromatic N) is 1. The van der Waals surface area contributed by atoms with Crippen LogP contribution in [0, 0.1) is 6.92 Å². The van der Waals surface area contributed by atoms with E-state index in [0.29, 0.717) is 0 Å². The van der Waals surface area contributed by atoms with Gasteiger partial charge in [-0.05, 0) is 31.4 Å². The average Bonchev–Trinajstić information content (AvgIpc) is 2.14. The van der Waals surface area contributed by atoms with Crippen LogP contribution in [0.25, 0.3) is 0 Å². The second kappa shape index (κ2) is 2.67. The van der Waals surface area contributed by atoms with Crippen molar-refractivity contribution in [2.75, 3.05) is 0 Å². The molecule has 1 atom stereocenters. The zero-order valence-corrected chi connectivity index (χ0v) is 6.96. The first-order valence-electron chi connectivity index (χ1n) is 2.77. The summed E-state index contributed by atoms with van der Waals surface area (Å²) >= 11 is 7.26. The monoisotopic (exact) mass is 161 g/mol. The van der Waals surface area contributed by atoms with Gasteiger partial charge in [0.1, 0.15) is 0 Å². The number of aryl methyl sites for hydroxylation is 1. The van der Waals surface area contributed by atoms with Crippen molar-refractivity contribution in [2.45, 2.75) is 19.2 Å². The predicted octanol–water partition coefficient (Wildman–Crippen LogP) is 2.75. The molecule has 0 aliphatic carbocycles. The highest BCUT2D eigenvalue weighted by Gasteiger charge is 2.02. The molecule has 0 aromatic carbocycles. The van der Waals surface area contributed by atoms with Crippen LogP contribution in [0.3, 0.4) is 0 Å². The molecule has 0 saturated carbocycles. The molecule has 1 aromatic heterocycles. The highest BCUT2D eigenvalue weighted by molar-refractivity contribution is 7.06. The van der Waals surface area contributed by atoms with Gasteiger partial charge in [-0.15, -0.1) is 11.6 Å². The van der Waals surface area contributed by atoms with E-state index in [2.05, 4.69) is 4.37 Å². The Hall–Kier alpha value is -0.0800. The SMILES string of the molecule is Cc1cc(C(C)Cl)sn1. The first kappa shape index (κ1) is 7.03. The van der Waals surface area contributed by atoms with Crippen LogP contribution in [0.15, 0.2) is 6.07 Å². The maximum absolute atomic E-state index is 5.79. The largest absolute Gasteiger partial charge is 0.198 e. The van der Waals surface area contributed by atoms with Gasteiger partial charge < -0.3 is 0 Å². The van der Waals surface area contributed by atoms with Crippen LogP contribution in [-0.4, -0.2) is 4.37 Å². The van der Waals surface area contributed by atoms with Crippen LogP contribution in [0.4, 0.5) is 0 Å². The summed E-state index contributed by atoms with van der Waals surface area (Å²) in [6.07, 6.45) is 0. The van der Waals surface area contributed by atoms with E-state index < -0.39 is 0 Å². The lowest BCUT2D eigenvalue weighted by molar-refractivity contribution is 1.12. The first-order chi connectivity index (χ1) is 4.20. The highest BCUT2D eigenvalue weighted by atomic mass is 35.5. The van der Waals surface area contributed by atoms with Gasteiger partial charge in [0, 0.05) is 4.88 Å².